The average molecular weight is 585 g/mol. The van der Waals surface area contributed by atoms with Crippen LogP contribution in [-0.4, -0.2) is 48.2 Å². The number of carbonyl (C=O) groups is 1. The molecule has 0 heterocycles. The minimum absolute atomic E-state index is 0.0357. The second kappa shape index (κ2) is 30.8. The highest BCUT2D eigenvalue weighted by Gasteiger charge is 2.20. The maximum absolute atomic E-state index is 12.6. The van der Waals surface area contributed by atoms with Crippen molar-refractivity contribution in [2.45, 2.75) is 180 Å². The molecule has 0 aromatic carbocycles. The van der Waals surface area contributed by atoms with Crippen LogP contribution in [0.3, 0.4) is 0 Å². The molecule has 0 aliphatic carbocycles. The van der Waals surface area contributed by atoms with Gasteiger partial charge in [0.05, 0.1) is 27.5 Å². The summed E-state index contributed by atoms with van der Waals surface area (Å²) in [5, 5.41) is 13.7. The fraction of sp³-hybridized carbons (Fsp3) is 0.906. The fourth-order valence-corrected chi connectivity index (χ4v) is 5.54. The number of unbranched alkanes of at least 4 members (excludes halogenated alkanes) is 21. The van der Waals surface area contributed by atoms with Gasteiger partial charge in [-0.3, -0.25) is 4.79 Å². The molecule has 0 saturated carbocycles. The van der Waals surface area contributed by atoms with Gasteiger partial charge in [-0.05, 0) is 19.3 Å². The van der Waals surface area contributed by atoms with Crippen LogP contribution in [0.4, 0.5) is 0 Å². The Hall–Kier alpha value is -0.158. The Morgan fingerprint density at radius 2 is 1.31 bits per heavy atom. The number of aliphatic hydroxyl groups excluding tert-OH is 1. The van der Waals surface area contributed by atoms with E-state index in [1.807, 2.05) is 6.08 Å². The van der Waals surface area contributed by atoms with Crippen LogP contribution in [0.25, 0.3) is 0 Å². The van der Waals surface area contributed by atoms with Gasteiger partial charge in [0.2, 0.25) is 5.91 Å². The molecular formula is C32H65BNO3PSi. The molecular weight excluding hydrogens is 516 g/mol. The molecule has 2 unspecified atom stereocenters. The van der Waals surface area contributed by atoms with Gasteiger partial charge in [0.25, 0.3) is 0 Å². The van der Waals surface area contributed by atoms with Crippen LogP contribution < -0.4 is 5.32 Å². The van der Waals surface area contributed by atoms with Gasteiger partial charge >= 0.3 is 0 Å². The lowest BCUT2D eigenvalue weighted by atomic mass is 10.0. The van der Waals surface area contributed by atoms with Crippen molar-refractivity contribution in [1.29, 1.82) is 2.51 Å². The zero-order valence-electron chi connectivity index (χ0n) is 27.8. The molecule has 0 aromatic heterocycles. The number of aliphatic hydroxyl groups is 1. The summed E-state index contributed by atoms with van der Waals surface area (Å²) in [7, 11) is 1.96. The first kappa shape index (κ1) is 35.0. The predicted octanol–water partition coefficient (Wildman–Crippen LogP) is 8.57. The summed E-state index contributed by atoms with van der Waals surface area (Å²) in [5.74, 6) is -0.102. The van der Waals surface area contributed by atoms with E-state index in [0.717, 1.165) is 32.1 Å². The molecule has 39 heavy (non-hydrogen) atoms. The first-order chi connectivity index (χ1) is 19.9. The zero-order chi connectivity index (χ0) is 30.4. The van der Waals surface area contributed by atoms with Crippen LogP contribution in [0.1, 0.15) is 168 Å². The van der Waals surface area contributed by atoms with Crippen LogP contribution in [0.5, 0.6) is 0 Å². The summed E-state index contributed by atoms with van der Waals surface area (Å²) >= 11 is 0. The monoisotopic (exact) mass is 584 g/mol. The van der Waals surface area contributed by atoms with Crippen molar-refractivity contribution < 1.29 is 14.3 Å². The van der Waals surface area contributed by atoms with Crippen molar-refractivity contribution in [2.75, 3.05) is 6.61 Å². The van der Waals surface area contributed by atoms with Crippen molar-refractivity contribution in [2.24, 2.45) is 0 Å². The van der Waals surface area contributed by atoms with Crippen molar-refractivity contribution in [3.05, 3.63) is 12.2 Å². The number of nitrogens with one attached hydrogen (secondary N) is 1. The molecule has 0 rings (SSSR count). The van der Waals surface area contributed by atoms with E-state index in [-0.39, 0.29) is 12.5 Å². The van der Waals surface area contributed by atoms with Crippen molar-refractivity contribution in [1.82, 2.24) is 5.32 Å². The summed E-state index contributed by atoms with van der Waals surface area (Å²) in [4.78, 5) is 12.6. The number of carbonyl (C=O) groups excluding carboxylic acids is 1. The third kappa shape index (κ3) is 29.1. The highest BCUT2D eigenvalue weighted by molar-refractivity contribution is 7.70. The predicted molar refractivity (Wildman–Crippen MR) is 178 cm³/mol. The number of rotatable bonds is 31. The van der Waals surface area contributed by atoms with E-state index in [4.69, 9.17) is 14.4 Å². The molecule has 0 aliphatic heterocycles. The van der Waals surface area contributed by atoms with Crippen LogP contribution in [-0.2, 0) is 9.22 Å². The normalized spacial score (nSPS) is 15.9. The highest BCUT2D eigenvalue weighted by Crippen LogP contribution is 2.14. The Bertz CT molecular complexity index is 619. The Labute approximate surface area is 251 Å². The molecule has 0 aromatic rings. The molecule has 0 saturated heterocycles. The highest BCUT2D eigenvalue weighted by atomic mass is 31.3. The molecule has 228 valence electrons. The Kier molecular flexibility index (Phi) is 27.7. The second-order valence-electron chi connectivity index (χ2n) is 11.4. The van der Waals surface area contributed by atoms with Crippen LogP contribution in [0.2, 0.25) is 0 Å². The van der Waals surface area contributed by atoms with Crippen LogP contribution >= 0.6 is 8.73 Å². The molecule has 0 spiro atoms. The smallest absolute Gasteiger partial charge is 0.220 e. The van der Waals surface area contributed by atoms with Gasteiger partial charge in [-0.15, -0.1) is 8.73 Å². The van der Waals surface area contributed by atoms with Gasteiger partial charge < -0.3 is 14.8 Å². The van der Waals surface area contributed by atoms with Gasteiger partial charge in [0.1, 0.15) is 8.51 Å². The first-order valence-electron chi connectivity index (χ1n) is 17.6. The molecule has 2 N–H and O–H groups in total. The standard InChI is InChI=1S/C32H65BNO3PSi/c1-3-5-7-9-11-13-15-16-18-19-21-23-25-27-31(35)30(29-37-39(33)38)34-32(36)28-26-24-22-20-17-14-12-10-8-6-4-2/h25,27,30-31,35,39H,3-24,26,28-29,38H2,1-2H3,(H,34,36)/t30-,31+,39?/m0/s1/i38T,39D/t30-,31+,38?,39?. The van der Waals surface area contributed by atoms with E-state index in [1.54, 1.807) is 6.08 Å². The molecule has 7 heteroatoms. The molecule has 1 amide bonds. The lowest BCUT2D eigenvalue weighted by molar-refractivity contribution is -0.122. The number of hydrogen-bond acceptors (Lipinski definition) is 3. The van der Waals surface area contributed by atoms with E-state index in [1.165, 1.54) is 116 Å². The van der Waals surface area contributed by atoms with Crippen LogP contribution in [0.15, 0.2) is 12.2 Å². The van der Waals surface area contributed by atoms with E-state index >= 15 is 0 Å². The minimum atomic E-state index is -3.31. The number of hydrogen-bond donors (Lipinski definition) is 2. The van der Waals surface area contributed by atoms with E-state index in [2.05, 4.69) is 19.2 Å². The van der Waals surface area contributed by atoms with Gasteiger partial charge in [-0.25, -0.2) is 0 Å². The molecule has 0 bridgehead atoms. The molecule has 4 nitrogen and oxygen atoms in total. The van der Waals surface area contributed by atoms with Gasteiger partial charge in [-0.1, -0.05) is 154 Å². The van der Waals surface area contributed by atoms with Gasteiger partial charge in [-0.2, -0.15) is 0 Å². The third-order valence-corrected chi connectivity index (χ3v) is 8.40. The lowest BCUT2D eigenvalue weighted by Gasteiger charge is -2.23. The van der Waals surface area contributed by atoms with Crippen molar-refractivity contribution >= 4 is 30.6 Å². The van der Waals surface area contributed by atoms with Gasteiger partial charge in [0.15, 0.2) is 0 Å². The summed E-state index contributed by atoms with van der Waals surface area (Å²) < 4.78 is 20.9. The summed E-state index contributed by atoms with van der Waals surface area (Å²) in [6.45, 7) is 4.47. The third-order valence-electron chi connectivity index (χ3n) is 7.49. The number of allylic oxidation sites excluding steroid dienone is 1. The SMILES string of the molecule is [2H][Si]([B])(OC[C@H](NC(=O)CCCCCCCCCCCCC)[C@H](O)C=CCCCCCCCCCCCCC)P[3H]. The van der Waals surface area contributed by atoms with Crippen molar-refractivity contribution in [3.63, 3.8) is 0 Å². The second-order valence-corrected chi connectivity index (χ2v) is 13.9. The average Bonchev–Trinajstić information content (AvgIpc) is 2.96. The van der Waals surface area contributed by atoms with E-state index in [9.17, 15) is 9.90 Å². The van der Waals surface area contributed by atoms with E-state index in [0.29, 0.717) is 6.42 Å². The fourth-order valence-electron chi connectivity index (χ4n) is 4.93. The zero-order valence-corrected chi connectivity index (χ0v) is 27.8. The Morgan fingerprint density at radius 1 is 0.872 bits per heavy atom. The van der Waals surface area contributed by atoms with Crippen LogP contribution in [0, 0.1) is 0 Å². The Morgan fingerprint density at radius 3 is 1.77 bits per heavy atom. The molecule has 0 fully saturated rings. The first-order valence-corrected chi connectivity index (χ1v) is 19.6. The topological polar surface area (TPSA) is 58.6 Å². The minimum Gasteiger partial charge on any atom is -0.423 e. The summed E-state index contributed by atoms with van der Waals surface area (Å²) in [5.41, 5.74) is 0. The van der Waals surface area contributed by atoms with E-state index < -0.39 is 29.4 Å². The lowest BCUT2D eigenvalue weighted by Crippen LogP contribution is -2.46. The van der Waals surface area contributed by atoms with Crippen molar-refractivity contribution in [3.8, 4) is 0 Å². The Balaban J connectivity index is 4.20. The maximum Gasteiger partial charge on any atom is 0.220 e. The summed E-state index contributed by atoms with van der Waals surface area (Å²) in [6, 6.07) is -0.652. The molecule has 4 atom stereocenters. The quantitative estimate of drug-likeness (QED) is 0.0371. The molecule has 0 aliphatic rings. The largest absolute Gasteiger partial charge is 0.423 e. The van der Waals surface area contributed by atoms with Gasteiger partial charge in [0, 0.05) is 7.66 Å². The number of amides is 1. The maximum atomic E-state index is 12.6. The molecule has 2 radical (unpaired) electrons. The summed E-state index contributed by atoms with van der Waals surface area (Å²) in [6.07, 6.45) is 32.1.